The van der Waals surface area contributed by atoms with E-state index >= 15 is 0 Å². The van der Waals surface area contributed by atoms with Gasteiger partial charge in [0.1, 0.15) is 12.7 Å². The van der Waals surface area contributed by atoms with Crippen LogP contribution in [0.3, 0.4) is 0 Å². The number of urea groups is 1. The topological polar surface area (TPSA) is 115 Å². The second-order valence-corrected chi connectivity index (χ2v) is 7.46. The molecule has 0 fully saturated rings. The van der Waals surface area contributed by atoms with Crippen LogP contribution in [0.4, 0.5) is 4.79 Å². The molecule has 8 nitrogen and oxygen atoms in total. The predicted octanol–water partition coefficient (Wildman–Crippen LogP) is 3.01. The predicted molar refractivity (Wildman–Crippen MR) is 112 cm³/mol. The SMILES string of the molecule is C[C@@H](NC(=O)C[C@H](NC(N)=O)c1cccc(Br)c1)c1ccc(-n2cncn2)cc1. The molecule has 2 aromatic carbocycles. The highest BCUT2D eigenvalue weighted by Gasteiger charge is 2.19. The first kappa shape index (κ1) is 20.5. The van der Waals surface area contributed by atoms with Crippen molar-refractivity contribution in [3.05, 3.63) is 76.8 Å². The van der Waals surface area contributed by atoms with Crippen LogP contribution in [0.25, 0.3) is 5.69 Å². The number of carbonyl (C=O) groups excluding carboxylic acids is 2. The smallest absolute Gasteiger partial charge is 0.312 e. The molecule has 29 heavy (non-hydrogen) atoms. The Morgan fingerprint density at radius 2 is 1.90 bits per heavy atom. The van der Waals surface area contributed by atoms with Crippen molar-refractivity contribution in [1.82, 2.24) is 25.4 Å². The molecule has 0 bridgehead atoms. The molecule has 0 saturated heterocycles. The highest BCUT2D eigenvalue weighted by molar-refractivity contribution is 9.10. The van der Waals surface area contributed by atoms with Gasteiger partial charge in [-0.2, -0.15) is 5.10 Å². The van der Waals surface area contributed by atoms with Gasteiger partial charge in [-0.25, -0.2) is 14.5 Å². The lowest BCUT2D eigenvalue weighted by atomic mass is 10.0. The minimum absolute atomic E-state index is 0.0702. The van der Waals surface area contributed by atoms with Gasteiger partial charge in [-0.3, -0.25) is 4.79 Å². The average molecular weight is 457 g/mol. The number of benzene rings is 2. The summed E-state index contributed by atoms with van der Waals surface area (Å²) in [6.07, 6.45) is 3.16. The normalized spacial score (nSPS) is 12.8. The van der Waals surface area contributed by atoms with Gasteiger partial charge in [0.05, 0.1) is 24.2 Å². The zero-order chi connectivity index (χ0) is 20.8. The van der Waals surface area contributed by atoms with Gasteiger partial charge in [-0.15, -0.1) is 0 Å². The van der Waals surface area contributed by atoms with E-state index in [0.29, 0.717) is 0 Å². The number of amides is 3. The molecule has 1 heterocycles. The molecule has 3 aromatic rings. The van der Waals surface area contributed by atoms with E-state index in [1.54, 1.807) is 11.0 Å². The third-order valence-corrected chi connectivity index (χ3v) is 4.90. The van der Waals surface area contributed by atoms with Crippen molar-refractivity contribution in [2.75, 3.05) is 0 Å². The zero-order valence-electron chi connectivity index (χ0n) is 15.7. The maximum absolute atomic E-state index is 12.6. The van der Waals surface area contributed by atoms with Gasteiger partial charge >= 0.3 is 6.03 Å². The molecule has 0 spiro atoms. The summed E-state index contributed by atoms with van der Waals surface area (Å²) in [6.45, 7) is 1.90. The third kappa shape index (κ3) is 5.64. The fourth-order valence-electron chi connectivity index (χ4n) is 2.97. The van der Waals surface area contributed by atoms with Crippen LogP contribution < -0.4 is 16.4 Å². The van der Waals surface area contributed by atoms with E-state index in [9.17, 15) is 9.59 Å². The van der Waals surface area contributed by atoms with E-state index in [1.807, 2.05) is 55.5 Å². The Bertz CT molecular complexity index is 975. The number of aromatic nitrogens is 3. The molecule has 0 unspecified atom stereocenters. The summed E-state index contributed by atoms with van der Waals surface area (Å²) in [7, 11) is 0. The average Bonchev–Trinajstić information content (AvgIpc) is 3.22. The summed E-state index contributed by atoms with van der Waals surface area (Å²) < 4.78 is 2.51. The van der Waals surface area contributed by atoms with Crippen molar-refractivity contribution in [2.24, 2.45) is 5.73 Å². The summed E-state index contributed by atoms with van der Waals surface area (Å²) in [6, 6.07) is 13.7. The van der Waals surface area contributed by atoms with E-state index in [0.717, 1.165) is 21.3 Å². The summed E-state index contributed by atoms with van der Waals surface area (Å²) in [5.41, 5.74) is 7.90. The molecule has 4 N–H and O–H groups in total. The monoisotopic (exact) mass is 456 g/mol. The molecule has 0 aliphatic rings. The largest absolute Gasteiger partial charge is 0.352 e. The lowest BCUT2D eigenvalue weighted by molar-refractivity contribution is -0.122. The highest BCUT2D eigenvalue weighted by atomic mass is 79.9. The van der Waals surface area contributed by atoms with E-state index in [1.165, 1.54) is 6.33 Å². The van der Waals surface area contributed by atoms with Crippen LogP contribution in [0.2, 0.25) is 0 Å². The number of rotatable bonds is 7. The molecule has 0 aliphatic carbocycles. The van der Waals surface area contributed by atoms with Crippen molar-refractivity contribution >= 4 is 27.9 Å². The van der Waals surface area contributed by atoms with E-state index < -0.39 is 12.1 Å². The fraction of sp³-hybridized carbons (Fsp3) is 0.200. The van der Waals surface area contributed by atoms with Crippen molar-refractivity contribution < 1.29 is 9.59 Å². The molecule has 0 saturated carbocycles. The van der Waals surface area contributed by atoms with Crippen LogP contribution in [0.1, 0.15) is 36.6 Å². The first-order valence-corrected chi connectivity index (χ1v) is 9.77. The summed E-state index contributed by atoms with van der Waals surface area (Å²) in [5.74, 6) is -0.198. The number of halogens is 1. The first-order chi connectivity index (χ1) is 13.9. The Morgan fingerprint density at radius 1 is 1.14 bits per heavy atom. The molecule has 150 valence electrons. The first-order valence-electron chi connectivity index (χ1n) is 8.98. The lowest BCUT2D eigenvalue weighted by Gasteiger charge is -2.20. The maximum atomic E-state index is 12.6. The lowest BCUT2D eigenvalue weighted by Crippen LogP contribution is -2.37. The van der Waals surface area contributed by atoms with E-state index in [2.05, 4.69) is 36.6 Å². The highest BCUT2D eigenvalue weighted by Crippen LogP contribution is 2.22. The Morgan fingerprint density at radius 3 is 2.52 bits per heavy atom. The van der Waals surface area contributed by atoms with Crippen molar-refractivity contribution in [3.8, 4) is 5.69 Å². The number of nitrogens with zero attached hydrogens (tertiary/aromatic N) is 3. The molecule has 2 atom stereocenters. The molecule has 9 heteroatoms. The molecule has 1 aromatic heterocycles. The van der Waals surface area contributed by atoms with Crippen molar-refractivity contribution in [3.63, 3.8) is 0 Å². The van der Waals surface area contributed by atoms with Gasteiger partial charge in [0.2, 0.25) is 5.91 Å². The van der Waals surface area contributed by atoms with Crippen molar-refractivity contribution in [1.29, 1.82) is 0 Å². The molecule has 0 radical (unpaired) electrons. The van der Waals surface area contributed by atoms with Gasteiger partial charge in [-0.05, 0) is 42.3 Å². The summed E-state index contributed by atoms with van der Waals surface area (Å²) in [5, 5.41) is 9.68. The fourth-order valence-corrected chi connectivity index (χ4v) is 3.39. The Labute approximate surface area is 176 Å². The zero-order valence-corrected chi connectivity index (χ0v) is 17.3. The second-order valence-electron chi connectivity index (χ2n) is 6.54. The number of hydrogen-bond acceptors (Lipinski definition) is 4. The van der Waals surface area contributed by atoms with Crippen LogP contribution in [-0.2, 0) is 4.79 Å². The minimum atomic E-state index is -0.681. The summed E-state index contributed by atoms with van der Waals surface area (Å²) >= 11 is 3.40. The van der Waals surface area contributed by atoms with Crippen LogP contribution in [0, 0.1) is 0 Å². The summed E-state index contributed by atoms with van der Waals surface area (Å²) in [4.78, 5) is 27.9. The number of hydrogen-bond donors (Lipinski definition) is 3. The molecule has 3 amide bonds. The quantitative estimate of drug-likeness (QED) is 0.506. The number of carbonyl (C=O) groups is 2. The molecular weight excluding hydrogens is 436 g/mol. The second kappa shape index (κ2) is 9.33. The van der Waals surface area contributed by atoms with Crippen LogP contribution in [-0.4, -0.2) is 26.7 Å². The minimum Gasteiger partial charge on any atom is -0.352 e. The Balaban J connectivity index is 1.65. The van der Waals surface area contributed by atoms with Gasteiger partial charge in [0, 0.05) is 4.47 Å². The standard InChI is InChI=1S/C20H21BrN6O2/c1-13(14-5-7-17(8-6-14)27-12-23-11-24-27)25-19(28)10-18(26-20(22)29)15-3-2-4-16(21)9-15/h2-9,11-13,18H,10H2,1H3,(H,25,28)(H3,22,26,29)/t13-,18+/m1/s1. The number of primary amides is 1. The van der Waals surface area contributed by atoms with Gasteiger partial charge < -0.3 is 16.4 Å². The maximum Gasteiger partial charge on any atom is 0.312 e. The van der Waals surface area contributed by atoms with Crippen molar-refractivity contribution in [2.45, 2.75) is 25.4 Å². The van der Waals surface area contributed by atoms with Gasteiger partial charge in [-0.1, -0.05) is 40.2 Å². The van der Waals surface area contributed by atoms with Crippen LogP contribution in [0.5, 0.6) is 0 Å². The van der Waals surface area contributed by atoms with Crippen LogP contribution in [0.15, 0.2) is 65.7 Å². The molecular formula is C20H21BrN6O2. The third-order valence-electron chi connectivity index (χ3n) is 4.41. The van der Waals surface area contributed by atoms with E-state index in [-0.39, 0.29) is 18.4 Å². The molecule has 3 rings (SSSR count). The van der Waals surface area contributed by atoms with E-state index in [4.69, 9.17) is 5.73 Å². The van der Waals surface area contributed by atoms with Gasteiger partial charge in [0.25, 0.3) is 0 Å². The Hall–Kier alpha value is -3.20. The number of nitrogens with two attached hydrogens (primary N) is 1. The molecule has 0 aliphatic heterocycles. The number of nitrogens with one attached hydrogen (secondary N) is 2. The Kier molecular flexibility index (Phi) is 6.61. The van der Waals surface area contributed by atoms with Crippen LogP contribution >= 0.6 is 15.9 Å². The van der Waals surface area contributed by atoms with Gasteiger partial charge in [0.15, 0.2) is 0 Å².